The van der Waals surface area contributed by atoms with Gasteiger partial charge in [-0.1, -0.05) is 17.7 Å². The molecule has 2 aromatic carbocycles. The minimum atomic E-state index is -0.629. The summed E-state index contributed by atoms with van der Waals surface area (Å²) in [5.74, 6) is 0.644. The normalized spacial score (nSPS) is 10.1. The molecule has 24 heavy (non-hydrogen) atoms. The Bertz CT molecular complexity index is 727. The summed E-state index contributed by atoms with van der Waals surface area (Å²) >= 11 is 0. The fourth-order valence-electron chi connectivity index (χ4n) is 2.22. The fourth-order valence-corrected chi connectivity index (χ4v) is 2.22. The van der Waals surface area contributed by atoms with Gasteiger partial charge >= 0.3 is 6.03 Å². The minimum absolute atomic E-state index is 0.143. The zero-order valence-corrected chi connectivity index (χ0v) is 13.8. The number of primary amides is 1. The lowest BCUT2D eigenvalue weighted by atomic mass is 10.1. The molecule has 0 unspecified atom stereocenters. The summed E-state index contributed by atoms with van der Waals surface area (Å²) in [7, 11) is 0. The molecule has 6 nitrogen and oxygen atoms in total. The smallest absolute Gasteiger partial charge is 0.316 e. The van der Waals surface area contributed by atoms with Crippen molar-refractivity contribution >= 4 is 23.3 Å². The van der Waals surface area contributed by atoms with Crippen molar-refractivity contribution in [2.24, 2.45) is 5.73 Å². The van der Waals surface area contributed by atoms with Gasteiger partial charge in [0.25, 0.3) is 0 Å². The van der Waals surface area contributed by atoms with E-state index in [1.807, 2.05) is 32.0 Å². The minimum Gasteiger partial charge on any atom is -0.493 e. The maximum absolute atomic E-state index is 11.9. The Hall–Kier alpha value is -3.02. The van der Waals surface area contributed by atoms with Crippen LogP contribution in [0.5, 0.6) is 5.75 Å². The largest absolute Gasteiger partial charge is 0.493 e. The highest BCUT2D eigenvalue weighted by molar-refractivity contribution is 5.92. The van der Waals surface area contributed by atoms with Crippen LogP contribution >= 0.6 is 0 Å². The number of nitrogens with two attached hydrogens (primary N) is 1. The van der Waals surface area contributed by atoms with E-state index >= 15 is 0 Å². The van der Waals surface area contributed by atoms with Crippen LogP contribution in [0.15, 0.2) is 42.5 Å². The number of urea groups is 1. The van der Waals surface area contributed by atoms with E-state index in [0.29, 0.717) is 18.0 Å². The predicted octanol–water partition coefficient (Wildman–Crippen LogP) is 3.20. The molecular formula is C18H21N3O3. The van der Waals surface area contributed by atoms with Crippen LogP contribution in [-0.2, 0) is 4.79 Å². The Labute approximate surface area is 141 Å². The molecular weight excluding hydrogens is 306 g/mol. The van der Waals surface area contributed by atoms with Crippen molar-refractivity contribution in [1.29, 1.82) is 0 Å². The molecule has 0 spiro atoms. The summed E-state index contributed by atoms with van der Waals surface area (Å²) < 4.78 is 5.64. The lowest BCUT2D eigenvalue weighted by Crippen LogP contribution is -2.19. The second-order valence-corrected chi connectivity index (χ2v) is 5.48. The summed E-state index contributed by atoms with van der Waals surface area (Å²) in [6.07, 6.45) is 0.245. The molecule has 6 heteroatoms. The van der Waals surface area contributed by atoms with Gasteiger partial charge in [-0.2, -0.15) is 0 Å². The van der Waals surface area contributed by atoms with Gasteiger partial charge in [0.05, 0.1) is 13.0 Å². The van der Waals surface area contributed by atoms with Crippen molar-refractivity contribution in [3.8, 4) is 5.75 Å². The first-order chi connectivity index (χ1) is 11.4. The maximum Gasteiger partial charge on any atom is 0.316 e. The van der Waals surface area contributed by atoms with Crippen LogP contribution in [0, 0.1) is 13.8 Å². The first-order valence-electron chi connectivity index (χ1n) is 7.60. The number of hydrogen-bond donors (Lipinski definition) is 3. The number of amides is 3. The number of rotatable bonds is 6. The first-order valence-corrected chi connectivity index (χ1v) is 7.60. The molecule has 2 aromatic rings. The topological polar surface area (TPSA) is 93.4 Å². The molecule has 0 aliphatic rings. The molecule has 0 saturated carbocycles. The van der Waals surface area contributed by atoms with Crippen LogP contribution in [0.25, 0.3) is 0 Å². The zero-order valence-electron chi connectivity index (χ0n) is 13.8. The third kappa shape index (κ3) is 5.31. The summed E-state index contributed by atoms with van der Waals surface area (Å²) in [5.41, 5.74) is 8.46. The van der Waals surface area contributed by atoms with Crippen molar-refractivity contribution in [3.63, 3.8) is 0 Å². The van der Waals surface area contributed by atoms with E-state index in [1.54, 1.807) is 24.3 Å². The Balaban J connectivity index is 1.79. The molecule has 0 bridgehead atoms. The predicted molar refractivity (Wildman–Crippen MR) is 94.3 cm³/mol. The number of aryl methyl sites for hydroxylation is 2. The summed E-state index contributed by atoms with van der Waals surface area (Å²) in [5, 5.41) is 5.22. The van der Waals surface area contributed by atoms with E-state index in [9.17, 15) is 9.59 Å². The Morgan fingerprint density at radius 1 is 1.00 bits per heavy atom. The second kappa shape index (κ2) is 8.01. The highest BCUT2D eigenvalue weighted by atomic mass is 16.5. The van der Waals surface area contributed by atoms with Gasteiger partial charge in [0.2, 0.25) is 5.91 Å². The number of anilines is 2. The van der Waals surface area contributed by atoms with E-state index in [-0.39, 0.29) is 12.3 Å². The van der Waals surface area contributed by atoms with Gasteiger partial charge in [0.15, 0.2) is 0 Å². The van der Waals surface area contributed by atoms with Crippen molar-refractivity contribution in [2.45, 2.75) is 20.3 Å². The molecule has 0 atom stereocenters. The van der Waals surface area contributed by atoms with Crippen molar-refractivity contribution < 1.29 is 14.3 Å². The molecule has 0 aliphatic heterocycles. The molecule has 0 aliphatic carbocycles. The molecule has 0 radical (unpaired) electrons. The number of nitrogens with one attached hydrogen (secondary N) is 2. The molecule has 0 saturated heterocycles. The van der Waals surface area contributed by atoms with Gasteiger partial charge in [-0.15, -0.1) is 0 Å². The van der Waals surface area contributed by atoms with E-state index in [4.69, 9.17) is 10.5 Å². The quantitative estimate of drug-likeness (QED) is 0.760. The van der Waals surface area contributed by atoms with Gasteiger partial charge in [-0.05, 0) is 49.7 Å². The van der Waals surface area contributed by atoms with Gasteiger partial charge < -0.3 is 21.1 Å². The van der Waals surface area contributed by atoms with Crippen molar-refractivity contribution in [3.05, 3.63) is 53.6 Å². The van der Waals surface area contributed by atoms with E-state index in [0.717, 1.165) is 11.3 Å². The van der Waals surface area contributed by atoms with Gasteiger partial charge in [-0.3, -0.25) is 4.79 Å². The lowest BCUT2D eigenvalue weighted by Gasteiger charge is -2.10. The van der Waals surface area contributed by atoms with Gasteiger partial charge in [0.1, 0.15) is 5.75 Å². The Morgan fingerprint density at radius 3 is 2.21 bits per heavy atom. The van der Waals surface area contributed by atoms with E-state index < -0.39 is 6.03 Å². The average molecular weight is 327 g/mol. The molecule has 0 heterocycles. The third-order valence-electron chi connectivity index (χ3n) is 3.35. The number of carbonyl (C=O) groups is 2. The molecule has 0 aromatic heterocycles. The lowest BCUT2D eigenvalue weighted by molar-refractivity contribution is -0.116. The van der Waals surface area contributed by atoms with E-state index in [2.05, 4.69) is 10.6 Å². The van der Waals surface area contributed by atoms with Crippen LogP contribution in [0.4, 0.5) is 16.2 Å². The SMILES string of the molecule is Cc1ccc(OCCC(=O)Nc2ccc(NC(N)=O)cc2)c(C)c1. The van der Waals surface area contributed by atoms with Gasteiger partial charge in [0, 0.05) is 11.4 Å². The number of benzene rings is 2. The van der Waals surface area contributed by atoms with Crippen molar-refractivity contribution in [1.82, 2.24) is 0 Å². The highest BCUT2D eigenvalue weighted by Crippen LogP contribution is 2.19. The maximum atomic E-state index is 11.9. The summed E-state index contributed by atoms with van der Waals surface area (Å²) in [6.45, 7) is 4.30. The van der Waals surface area contributed by atoms with Crippen LogP contribution < -0.4 is 21.1 Å². The first kappa shape index (κ1) is 17.3. The highest BCUT2D eigenvalue weighted by Gasteiger charge is 2.05. The summed E-state index contributed by atoms with van der Waals surface area (Å²) in [4.78, 5) is 22.7. The van der Waals surface area contributed by atoms with Gasteiger partial charge in [-0.25, -0.2) is 4.79 Å². The van der Waals surface area contributed by atoms with Crippen LogP contribution in [-0.4, -0.2) is 18.5 Å². The summed E-state index contributed by atoms with van der Waals surface area (Å²) in [6, 6.07) is 12.0. The number of ether oxygens (including phenoxy) is 1. The third-order valence-corrected chi connectivity index (χ3v) is 3.35. The molecule has 4 N–H and O–H groups in total. The average Bonchev–Trinajstić information content (AvgIpc) is 2.51. The van der Waals surface area contributed by atoms with Crippen LogP contribution in [0.3, 0.4) is 0 Å². The molecule has 2 rings (SSSR count). The number of carbonyl (C=O) groups excluding carboxylic acids is 2. The van der Waals surface area contributed by atoms with Crippen molar-refractivity contribution in [2.75, 3.05) is 17.2 Å². The van der Waals surface area contributed by atoms with E-state index in [1.165, 1.54) is 5.56 Å². The molecule has 3 amide bonds. The Morgan fingerprint density at radius 2 is 1.62 bits per heavy atom. The zero-order chi connectivity index (χ0) is 17.5. The number of hydrogen-bond acceptors (Lipinski definition) is 3. The Kier molecular flexibility index (Phi) is 5.78. The second-order valence-electron chi connectivity index (χ2n) is 5.48. The molecule has 126 valence electrons. The van der Waals surface area contributed by atoms with Crippen LogP contribution in [0.1, 0.15) is 17.5 Å². The van der Waals surface area contributed by atoms with Crippen LogP contribution in [0.2, 0.25) is 0 Å². The molecule has 0 fully saturated rings. The standard InChI is InChI=1S/C18H21N3O3/c1-12-3-8-16(13(2)11-12)24-10-9-17(22)20-14-4-6-15(7-5-14)21-18(19)23/h3-8,11H,9-10H2,1-2H3,(H,20,22)(H3,19,21,23). The monoisotopic (exact) mass is 327 g/mol. The fraction of sp³-hybridized carbons (Fsp3) is 0.222.